The topological polar surface area (TPSA) is 564 Å². The third-order valence-electron chi connectivity index (χ3n) is 10.3. The van der Waals surface area contributed by atoms with Crippen molar-refractivity contribution in [2.45, 2.75) is 34.3 Å². The summed E-state index contributed by atoms with van der Waals surface area (Å²) in [6, 6.07) is 8.01. The van der Waals surface area contributed by atoms with Crippen molar-refractivity contribution >= 4 is 149 Å². The van der Waals surface area contributed by atoms with Gasteiger partial charge in [0.1, 0.15) is 68.4 Å². The second-order valence-electron chi connectivity index (χ2n) is 15.0. The number of azo groups is 3. The van der Waals surface area contributed by atoms with Crippen LogP contribution in [0.4, 0.5) is 45.5 Å². The SMILES string of the molecule is Nc1c(N=Nc2ccc3c(O)c(N=Nc4ccc5c(S(=O)(=O)O)cccc5c4S(=O)(=O)O)c(S(=O)(=O)O)cc3c2S(=O)(=O)O)cc(S(=O)(=O)O)c2cc(S(=O)(=O)O)c(N=Nc3ccc([N+](=O)[O-])cc3S(=O)(=O)O)c(O)c12. The van der Waals surface area contributed by atoms with Crippen LogP contribution in [0.3, 0.4) is 0 Å². The predicted octanol–water partition coefficient (Wildman–Crippen LogP) is 6.02. The summed E-state index contributed by atoms with van der Waals surface area (Å²) in [6.07, 6.45) is 0. The van der Waals surface area contributed by atoms with Gasteiger partial charge in [-0.25, -0.2) is 0 Å². The van der Waals surface area contributed by atoms with Crippen LogP contribution in [-0.2, 0) is 70.8 Å². The molecular formula is C36H24N8O25S7. The van der Waals surface area contributed by atoms with Crippen molar-refractivity contribution in [3.05, 3.63) is 89.0 Å². The summed E-state index contributed by atoms with van der Waals surface area (Å²) in [5, 5.41) is 50.0. The molecule has 0 fully saturated rings. The Balaban J connectivity index is 1.45. The van der Waals surface area contributed by atoms with Gasteiger partial charge in [0, 0.05) is 39.1 Å². The minimum absolute atomic E-state index is 0.239. The molecule has 400 valence electrons. The van der Waals surface area contributed by atoms with Gasteiger partial charge in [-0.15, -0.1) is 30.7 Å². The highest BCUT2D eigenvalue weighted by atomic mass is 32.2. The molecule has 0 aliphatic carbocycles. The number of nitro groups is 1. The number of fused-ring (bicyclic) bond motifs is 3. The fourth-order valence-corrected chi connectivity index (χ4v) is 12.2. The molecule has 0 heterocycles. The van der Waals surface area contributed by atoms with Gasteiger partial charge < -0.3 is 15.9 Å². The van der Waals surface area contributed by atoms with Crippen molar-refractivity contribution in [3.63, 3.8) is 0 Å². The van der Waals surface area contributed by atoms with E-state index in [-0.39, 0.29) is 12.1 Å². The standard InChI is InChI=1S/C36H24N8O25S7/c37-30-23(13-25(71(52,53)54)19-12-28(74(61,62)63)32(34(46)29(19)30)43-38-20-7-4-14(44(47)48)10-26(20)72(55,56)57)41-39-22-9-6-16-18(36(22)76(67,68)69)11-27(73(58,59)60)31(33(16)45)42-40-21-8-5-15-17(35(21)75(64,65)66)2-1-3-24(15)70(49,50)51/h1-13,45-46H,37H2,(H,49,50,51)(H,52,53,54)(H,55,56,57)(H,58,59,60)(H,61,62,63)(H,64,65,66)(H,67,68,69). The Morgan fingerprint density at radius 1 is 0.395 bits per heavy atom. The summed E-state index contributed by atoms with van der Waals surface area (Å²) in [6.45, 7) is 0. The number of hydrogen-bond acceptors (Lipinski definition) is 25. The molecule has 33 nitrogen and oxygen atoms in total. The maximum absolute atomic E-state index is 13.0. The van der Waals surface area contributed by atoms with Gasteiger partial charge in [0.25, 0.3) is 76.5 Å². The predicted molar refractivity (Wildman–Crippen MR) is 254 cm³/mol. The molecule has 0 bridgehead atoms. The molecule has 0 aliphatic heterocycles. The molecule has 11 N–H and O–H groups in total. The summed E-state index contributed by atoms with van der Waals surface area (Å²) in [7, 11) is -38.7. The Bertz CT molecular complexity index is 4730. The van der Waals surface area contributed by atoms with E-state index in [1.165, 1.54) is 0 Å². The highest BCUT2D eigenvalue weighted by Crippen LogP contribution is 2.50. The molecule has 7 rings (SSSR count). The van der Waals surface area contributed by atoms with Crippen LogP contribution >= 0.6 is 0 Å². The van der Waals surface area contributed by atoms with Gasteiger partial charge in [0.2, 0.25) is 0 Å². The van der Waals surface area contributed by atoms with Crippen LogP contribution in [0.5, 0.6) is 11.5 Å². The number of aromatic hydroxyl groups is 2. The Labute approximate surface area is 423 Å². The van der Waals surface area contributed by atoms with E-state index in [2.05, 4.69) is 30.7 Å². The Hall–Kier alpha value is -7.71. The fraction of sp³-hybridized carbons (Fsp3) is 0. The molecule has 0 aliphatic rings. The summed E-state index contributed by atoms with van der Waals surface area (Å²) in [5.41, 5.74) is -2.38. The second kappa shape index (κ2) is 18.8. The zero-order valence-electron chi connectivity index (χ0n) is 36.1. The maximum Gasteiger partial charge on any atom is 0.297 e. The minimum Gasteiger partial charge on any atom is -0.505 e. The Kier molecular flexibility index (Phi) is 13.9. The van der Waals surface area contributed by atoms with Crippen LogP contribution < -0.4 is 5.73 Å². The molecule has 0 saturated heterocycles. The first-order valence-electron chi connectivity index (χ1n) is 19.1. The number of benzene rings is 7. The van der Waals surface area contributed by atoms with Gasteiger partial charge in [-0.3, -0.25) is 42.0 Å². The molecule has 0 aromatic heterocycles. The van der Waals surface area contributed by atoms with E-state index < -0.39 is 199 Å². The minimum atomic E-state index is -5.77. The van der Waals surface area contributed by atoms with E-state index in [1.54, 1.807) is 0 Å². The fourth-order valence-electron chi connectivity index (χ4n) is 7.21. The van der Waals surface area contributed by atoms with E-state index in [9.17, 15) is 111 Å². The third kappa shape index (κ3) is 10.7. The molecule has 40 heteroatoms. The molecule has 0 saturated carbocycles. The van der Waals surface area contributed by atoms with E-state index in [0.29, 0.717) is 36.4 Å². The lowest BCUT2D eigenvalue weighted by Gasteiger charge is -2.15. The van der Waals surface area contributed by atoms with Gasteiger partial charge in [0.15, 0.2) is 11.5 Å². The van der Waals surface area contributed by atoms with Crippen LogP contribution in [0, 0.1) is 10.1 Å². The van der Waals surface area contributed by atoms with Gasteiger partial charge >= 0.3 is 0 Å². The van der Waals surface area contributed by atoms with Gasteiger partial charge in [-0.05, 0) is 48.5 Å². The average Bonchev–Trinajstić information content (AvgIpc) is 3.27. The van der Waals surface area contributed by atoms with Crippen LogP contribution in [0.2, 0.25) is 0 Å². The zero-order valence-corrected chi connectivity index (χ0v) is 41.8. The molecule has 7 aromatic rings. The van der Waals surface area contributed by atoms with Crippen molar-refractivity contribution in [1.82, 2.24) is 0 Å². The number of phenolic OH excluding ortho intramolecular Hbond substituents is 2. The number of nitrogens with two attached hydrogens (primary N) is 1. The number of nitro benzene ring substituents is 1. The molecule has 0 atom stereocenters. The maximum atomic E-state index is 13.0. The lowest BCUT2D eigenvalue weighted by Crippen LogP contribution is -2.04. The quantitative estimate of drug-likeness (QED) is 0.0195. The van der Waals surface area contributed by atoms with Crippen molar-refractivity contribution in [2.75, 3.05) is 5.73 Å². The van der Waals surface area contributed by atoms with E-state index >= 15 is 0 Å². The molecular weight excluding hydrogens is 1170 g/mol. The van der Waals surface area contributed by atoms with Crippen LogP contribution in [0.1, 0.15) is 0 Å². The van der Waals surface area contributed by atoms with Crippen LogP contribution in [0.25, 0.3) is 32.3 Å². The molecule has 0 amide bonds. The van der Waals surface area contributed by atoms with Crippen molar-refractivity contribution < 1.29 is 106 Å². The first-order chi connectivity index (χ1) is 34.7. The average molecular weight is 1190 g/mol. The second-order valence-corrected chi connectivity index (χ2v) is 24.6. The normalized spacial score (nSPS) is 13.5. The smallest absolute Gasteiger partial charge is 0.297 e. The van der Waals surface area contributed by atoms with Crippen molar-refractivity contribution in [2.24, 2.45) is 30.7 Å². The van der Waals surface area contributed by atoms with E-state index in [4.69, 9.17) is 5.73 Å². The number of anilines is 1. The lowest BCUT2D eigenvalue weighted by molar-refractivity contribution is -0.385. The number of phenols is 2. The number of hydrogen-bond donors (Lipinski definition) is 10. The number of rotatable bonds is 14. The summed E-state index contributed by atoms with van der Waals surface area (Å²) < 4.78 is 246. The summed E-state index contributed by atoms with van der Waals surface area (Å²) >= 11 is 0. The monoisotopic (exact) mass is 1190 g/mol. The molecule has 0 radical (unpaired) electrons. The van der Waals surface area contributed by atoms with Crippen LogP contribution in [0.15, 0.2) is 144 Å². The first-order valence-corrected chi connectivity index (χ1v) is 29.2. The lowest BCUT2D eigenvalue weighted by atomic mass is 10.0. The zero-order chi connectivity index (χ0) is 56.8. The summed E-state index contributed by atoms with van der Waals surface area (Å²) in [5.74, 6) is -2.98. The highest BCUT2D eigenvalue weighted by Gasteiger charge is 2.32. The van der Waals surface area contributed by atoms with Crippen molar-refractivity contribution in [1.29, 1.82) is 0 Å². The van der Waals surface area contributed by atoms with Gasteiger partial charge in [0.05, 0.1) is 16.0 Å². The van der Waals surface area contributed by atoms with Gasteiger partial charge in [-0.1, -0.05) is 18.2 Å². The third-order valence-corrected chi connectivity index (χ3v) is 16.6. The van der Waals surface area contributed by atoms with E-state index in [1.807, 2.05) is 0 Å². The van der Waals surface area contributed by atoms with Crippen LogP contribution in [-0.4, -0.2) is 106 Å². The molecule has 0 unspecified atom stereocenters. The summed E-state index contributed by atoms with van der Waals surface area (Å²) in [4.78, 5) is 0.849. The molecule has 7 aromatic carbocycles. The number of nitrogens with zero attached hydrogens (tertiary/aromatic N) is 7. The Morgan fingerprint density at radius 3 is 1.33 bits per heavy atom. The highest BCUT2D eigenvalue weighted by molar-refractivity contribution is 7.87. The van der Waals surface area contributed by atoms with E-state index in [0.717, 1.165) is 30.3 Å². The Morgan fingerprint density at radius 2 is 0.829 bits per heavy atom. The van der Waals surface area contributed by atoms with Gasteiger partial charge in [-0.2, -0.15) is 58.9 Å². The molecule has 0 spiro atoms. The first kappa shape index (κ1) is 56.0. The molecule has 76 heavy (non-hydrogen) atoms. The number of nitrogen functional groups attached to an aromatic ring is 1. The largest absolute Gasteiger partial charge is 0.505 e. The van der Waals surface area contributed by atoms with Crippen molar-refractivity contribution in [3.8, 4) is 11.5 Å². The number of non-ortho nitro benzene ring substituents is 1.